The van der Waals surface area contributed by atoms with E-state index in [2.05, 4.69) is 49.7 Å². The highest BCUT2D eigenvalue weighted by Gasteiger charge is 2.22. The number of aromatic amines is 1. The minimum atomic E-state index is -0.352. The summed E-state index contributed by atoms with van der Waals surface area (Å²) in [6.07, 6.45) is 5.20. The molecular formula is C37H39ClFN7O2S. The maximum Gasteiger partial charge on any atom is 0.277 e. The van der Waals surface area contributed by atoms with E-state index in [9.17, 15) is 14.0 Å². The summed E-state index contributed by atoms with van der Waals surface area (Å²) in [6.45, 7) is 7.40. The Balaban J connectivity index is 1.26. The normalized spacial score (nSPS) is 14.1. The summed E-state index contributed by atoms with van der Waals surface area (Å²) in [5.74, 6) is -0.204. The summed E-state index contributed by atoms with van der Waals surface area (Å²) in [5, 5.41) is 11.4. The molecule has 1 amide bonds. The molecule has 0 saturated carbocycles. The molecule has 1 atom stereocenters. The molecule has 12 heteroatoms. The van der Waals surface area contributed by atoms with Crippen molar-refractivity contribution >= 4 is 29.3 Å². The number of nitrogens with one attached hydrogen (secondary N) is 2. The van der Waals surface area contributed by atoms with Gasteiger partial charge >= 0.3 is 0 Å². The van der Waals surface area contributed by atoms with Gasteiger partial charge in [-0.2, -0.15) is 10.1 Å². The van der Waals surface area contributed by atoms with Gasteiger partial charge in [-0.05, 0) is 52.1 Å². The predicted octanol–water partition coefficient (Wildman–Crippen LogP) is 5.80. The zero-order valence-electron chi connectivity index (χ0n) is 27.3. The second-order valence-corrected chi connectivity index (χ2v) is 13.6. The van der Waals surface area contributed by atoms with E-state index < -0.39 is 0 Å². The fourth-order valence-electron chi connectivity index (χ4n) is 5.83. The van der Waals surface area contributed by atoms with Crippen LogP contribution in [-0.4, -0.2) is 74.7 Å². The van der Waals surface area contributed by atoms with Gasteiger partial charge in [0.15, 0.2) is 5.16 Å². The molecule has 0 spiro atoms. The van der Waals surface area contributed by atoms with Gasteiger partial charge < -0.3 is 14.8 Å². The Morgan fingerprint density at radius 3 is 2.35 bits per heavy atom. The highest BCUT2D eigenvalue weighted by atomic mass is 35.5. The molecule has 254 valence electrons. The molecule has 5 aromatic rings. The van der Waals surface area contributed by atoms with Gasteiger partial charge in [-0.1, -0.05) is 78.8 Å². The van der Waals surface area contributed by atoms with E-state index in [-0.39, 0.29) is 29.7 Å². The van der Waals surface area contributed by atoms with Crippen LogP contribution in [-0.2, 0) is 23.6 Å². The topological polar surface area (TPSA) is 99.2 Å². The molecule has 3 heterocycles. The van der Waals surface area contributed by atoms with E-state index in [4.69, 9.17) is 11.6 Å². The molecule has 1 aliphatic rings. The fraction of sp³-hybridized carbons (Fsp3) is 0.297. The number of carbonyl (C=O) groups is 1. The number of piperazine rings is 1. The molecule has 49 heavy (non-hydrogen) atoms. The molecular weight excluding hydrogens is 661 g/mol. The largest absolute Gasteiger partial charge is 0.336 e. The van der Waals surface area contributed by atoms with Crippen LogP contribution >= 0.6 is 23.4 Å². The Morgan fingerprint density at radius 1 is 1.00 bits per heavy atom. The van der Waals surface area contributed by atoms with Crippen LogP contribution in [0, 0.1) is 5.82 Å². The molecule has 1 unspecified atom stereocenters. The molecule has 1 saturated heterocycles. The Kier molecular flexibility index (Phi) is 11.6. The number of rotatable bonds is 13. The van der Waals surface area contributed by atoms with Crippen LogP contribution in [0.3, 0.4) is 0 Å². The van der Waals surface area contributed by atoms with Crippen molar-refractivity contribution in [3.05, 3.63) is 135 Å². The van der Waals surface area contributed by atoms with Crippen LogP contribution in [0.25, 0.3) is 11.1 Å². The van der Waals surface area contributed by atoms with Crippen LogP contribution in [0.1, 0.15) is 35.1 Å². The average Bonchev–Trinajstić information content (AvgIpc) is 3.67. The summed E-state index contributed by atoms with van der Waals surface area (Å²) in [5.41, 5.74) is 5.02. The third kappa shape index (κ3) is 9.24. The number of hydrogen-bond acceptors (Lipinski definition) is 7. The van der Waals surface area contributed by atoms with Gasteiger partial charge in [0.05, 0.1) is 6.20 Å². The maximum absolute atomic E-state index is 14.3. The quantitative estimate of drug-likeness (QED) is 0.118. The molecule has 6 rings (SSSR count). The van der Waals surface area contributed by atoms with E-state index in [1.165, 1.54) is 23.9 Å². The van der Waals surface area contributed by atoms with E-state index in [1.807, 2.05) is 36.1 Å². The smallest absolute Gasteiger partial charge is 0.277 e. The predicted molar refractivity (Wildman–Crippen MR) is 192 cm³/mol. The first kappa shape index (κ1) is 34.6. The van der Waals surface area contributed by atoms with Gasteiger partial charge in [-0.25, -0.2) is 4.39 Å². The first-order valence-corrected chi connectivity index (χ1v) is 17.7. The van der Waals surface area contributed by atoms with Crippen molar-refractivity contribution < 1.29 is 9.18 Å². The Hall–Kier alpha value is -4.29. The lowest BCUT2D eigenvalue weighted by molar-refractivity contribution is -0.132. The molecule has 1 aliphatic heterocycles. The molecule has 2 N–H and O–H groups in total. The third-order valence-corrected chi connectivity index (χ3v) is 10.1. The first-order valence-electron chi connectivity index (χ1n) is 16.4. The molecule has 0 bridgehead atoms. The van der Waals surface area contributed by atoms with Gasteiger partial charge in [0.1, 0.15) is 12.4 Å². The van der Waals surface area contributed by atoms with Crippen LogP contribution in [0.4, 0.5) is 4.39 Å². The minimum Gasteiger partial charge on any atom is -0.336 e. The highest BCUT2D eigenvalue weighted by molar-refractivity contribution is 7.98. The summed E-state index contributed by atoms with van der Waals surface area (Å²) in [7, 11) is 0. The summed E-state index contributed by atoms with van der Waals surface area (Å²) in [4.78, 5) is 36.3. The van der Waals surface area contributed by atoms with Crippen molar-refractivity contribution in [1.29, 1.82) is 0 Å². The number of amides is 1. The van der Waals surface area contributed by atoms with E-state index in [0.29, 0.717) is 34.6 Å². The molecule has 2 aromatic heterocycles. The molecule has 0 radical (unpaired) electrons. The number of H-pyrrole nitrogens is 1. The fourth-order valence-corrected chi connectivity index (χ4v) is 6.87. The van der Waals surface area contributed by atoms with E-state index >= 15 is 0 Å². The van der Waals surface area contributed by atoms with Gasteiger partial charge in [0.25, 0.3) is 5.56 Å². The van der Waals surface area contributed by atoms with Gasteiger partial charge in [0, 0.05) is 80.5 Å². The standard InChI is InChI=1S/C37H39ClFN7O2S/c1-26(31-20-41-42-21-31)34-23-46(37(43-36(34)48)49-25-28-4-12-33(39)13-5-28)24-35(47)45(19-18-44-16-14-40-15-17-44)22-27-2-6-29(7-3-27)30-8-10-32(38)11-9-30/h2-13,20-21,23,26,40H,14-19,22,24-25H2,1H3,(H,41,42). The Labute approximate surface area is 294 Å². The lowest BCUT2D eigenvalue weighted by Gasteiger charge is -2.31. The van der Waals surface area contributed by atoms with Crippen LogP contribution in [0.2, 0.25) is 5.02 Å². The zero-order chi connectivity index (χ0) is 34.2. The van der Waals surface area contributed by atoms with Gasteiger partial charge in [-0.3, -0.25) is 19.6 Å². The summed E-state index contributed by atoms with van der Waals surface area (Å²) in [6, 6.07) is 22.2. The van der Waals surface area contributed by atoms with Crippen molar-refractivity contribution in [3.63, 3.8) is 0 Å². The average molecular weight is 700 g/mol. The second-order valence-electron chi connectivity index (χ2n) is 12.2. The lowest BCUT2D eigenvalue weighted by Crippen LogP contribution is -2.47. The maximum atomic E-state index is 14.3. The van der Waals surface area contributed by atoms with Crippen LogP contribution < -0.4 is 10.9 Å². The first-order chi connectivity index (χ1) is 23.8. The number of aromatic nitrogens is 4. The highest BCUT2D eigenvalue weighted by Crippen LogP contribution is 2.26. The van der Waals surface area contributed by atoms with E-state index in [0.717, 1.165) is 60.5 Å². The SMILES string of the molecule is CC(c1cn[nH]c1)c1cn(CC(=O)N(CCN2CCNCC2)Cc2ccc(-c3ccc(Cl)cc3)cc2)c(SCc2ccc(F)cc2)nc1=O. The van der Waals surface area contributed by atoms with Crippen molar-refractivity contribution in [2.75, 3.05) is 39.3 Å². The summed E-state index contributed by atoms with van der Waals surface area (Å²) >= 11 is 7.44. The molecule has 0 aliphatic carbocycles. The van der Waals surface area contributed by atoms with Crippen LogP contribution in [0.5, 0.6) is 0 Å². The lowest BCUT2D eigenvalue weighted by atomic mass is 9.98. The second kappa shape index (κ2) is 16.4. The van der Waals surface area contributed by atoms with Crippen molar-refractivity contribution in [3.8, 4) is 11.1 Å². The number of thioether (sulfide) groups is 1. The molecule has 9 nitrogen and oxygen atoms in total. The Morgan fingerprint density at radius 2 is 1.67 bits per heavy atom. The number of nitrogens with zero attached hydrogens (tertiary/aromatic N) is 5. The van der Waals surface area contributed by atoms with Crippen molar-refractivity contribution in [2.24, 2.45) is 0 Å². The third-order valence-electron chi connectivity index (χ3n) is 8.81. The molecule has 1 fully saturated rings. The molecule has 3 aromatic carbocycles. The van der Waals surface area contributed by atoms with Crippen molar-refractivity contribution in [1.82, 2.24) is 34.9 Å². The van der Waals surface area contributed by atoms with Crippen LogP contribution in [0.15, 0.2) is 101 Å². The minimum absolute atomic E-state index is 0.00848. The van der Waals surface area contributed by atoms with E-state index in [1.54, 1.807) is 35.3 Å². The Bertz CT molecular complexity index is 1880. The number of benzene rings is 3. The summed E-state index contributed by atoms with van der Waals surface area (Å²) < 4.78 is 15.3. The van der Waals surface area contributed by atoms with Gasteiger partial charge in [0.2, 0.25) is 5.91 Å². The number of halogens is 2. The zero-order valence-corrected chi connectivity index (χ0v) is 28.9. The number of carbonyl (C=O) groups excluding carboxylic acids is 1. The van der Waals surface area contributed by atoms with Gasteiger partial charge in [-0.15, -0.1) is 0 Å². The number of hydrogen-bond donors (Lipinski definition) is 2. The monoisotopic (exact) mass is 699 g/mol. The van der Waals surface area contributed by atoms with Crippen molar-refractivity contribution in [2.45, 2.75) is 36.8 Å².